The number of carbonyl (C=O) groups is 1. The highest BCUT2D eigenvalue weighted by atomic mass is 16.5. The summed E-state index contributed by atoms with van der Waals surface area (Å²) in [6, 6.07) is 7.79. The van der Waals surface area contributed by atoms with Crippen molar-refractivity contribution in [1.82, 2.24) is 9.97 Å². The van der Waals surface area contributed by atoms with E-state index in [2.05, 4.69) is 27.3 Å². The summed E-state index contributed by atoms with van der Waals surface area (Å²) in [6.45, 7) is 2.06. The normalized spacial score (nSPS) is 19.4. The van der Waals surface area contributed by atoms with Gasteiger partial charge < -0.3 is 14.5 Å². The summed E-state index contributed by atoms with van der Waals surface area (Å²) in [6.07, 6.45) is 8.72. The molecule has 1 saturated carbocycles. The van der Waals surface area contributed by atoms with Gasteiger partial charge in [-0.1, -0.05) is 31.9 Å². The van der Waals surface area contributed by atoms with Gasteiger partial charge in [0.25, 0.3) is 0 Å². The van der Waals surface area contributed by atoms with E-state index in [0.717, 1.165) is 42.1 Å². The summed E-state index contributed by atoms with van der Waals surface area (Å²) in [5.74, 6) is 2.10. The summed E-state index contributed by atoms with van der Waals surface area (Å²) in [4.78, 5) is 26.0. The molecule has 1 aromatic heterocycles. The number of anilines is 3. The minimum absolute atomic E-state index is 0.109. The van der Waals surface area contributed by atoms with Crippen molar-refractivity contribution in [3.63, 3.8) is 0 Å². The first kappa shape index (κ1) is 20.1. The summed E-state index contributed by atoms with van der Waals surface area (Å²) >= 11 is 0. The van der Waals surface area contributed by atoms with E-state index in [1.54, 1.807) is 31.5 Å². The van der Waals surface area contributed by atoms with Crippen LogP contribution in [-0.4, -0.2) is 48.3 Å². The van der Waals surface area contributed by atoms with Gasteiger partial charge in [0.05, 0.1) is 19.5 Å². The second kappa shape index (κ2) is 8.69. The zero-order valence-electron chi connectivity index (χ0n) is 17.7. The van der Waals surface area contributed by atoms with Crippen LogP contribution in [0.25, 0.3) is 0 Å². The summed E-state index contributed by atoms with van der Waals surface area (Å²) in [5.41, 5.74) is 4.58. The van der Waals surface area contributed by atoms with Crippen LogP contribution in [0.15, 0.2) is 35.6 Å². The monoisotopic (exact) mass is 408 g/mol. The van der Waals surface area contributed by atoms with Gasteiger partial charge in [-0.05, 0) is 37.0 Å². The predicted molar refractivity (Wildman–Crippen MR) is 118 cm³/mol. The Balaban J connectivity index is 1.61. The number of amides is 1. The van der Waals surface area contributed by atoms with Crippen molar-refractivity contribution in [1.29, 1.82) is 0 Å². The van der Waals surface area contributed by atoms with E-state index in [-0.39, 0.29) is 11.9 Å². The number of carbonyl (C=O) groups excluding carboxylic acids is 1. The van der Waals surface area contributed by atoms with Gasteiger partial charge in [0.15, 0.2) is 5.82 Å². The largest absolute Gasteiger partial charge is 0.497 e. The lowest BCUT2D eigenvalue weighted by Gasteiger charge is -2.43. The van der Waals surface area contributed by atoms with E-state index in [1.165, 1.54) is 12.8 Å². The van der Waals surface area contributed by atoms with E-state index in [4.69, 9.17) is 9.72 Å². The zero-order chi connectivity index (χ0) is 21.1. The van der Waals surface area contributed by atoms with Gasteiger partial charge in [-0.2, -0.15) is 10.1 Å². The molecule has 1 unspecified atom stereocenters. The van der Waals surface area contributed by atoms with Crippen LogP contribution >= 0.6 is 0 Å². The van der Waals surface area contributed by atoms with E-state index in [9.17, 15) is 4.79 Å². The lowest BCUT2D eigenvalue weighted by molar-refractivity contribution is -0.120. The van der Waals surface area contributed by atoms with Gasteiger partial charge in [0, 0.05) is 13.1 Å². The molecule has 2 heterocycles. The first-order chi connectivity index (χ1) is 14.6. The molecule has 4 rings (SSSR count). The number of nitrogens with zero attached hydrogens (tertiary/aromatic N) is 5. The van der Waals surface area contributed by atoms with Crippen LogP contribution < -0.4 is 20.0 Å². The first-order valence-corrected chi connectivity index (χ1v) is 10.5. The average Bonchev–Trinajstić information content (AvgIpc) is 3.30. The molecule has 1 amide bonds. The number of aromatic nitrogens is 2. The van der Waals surface area contributed by atoms with Crippen LogP contribution in [0.5, 0.6) is 5.75 Å². The third kappa shape index (κ3) is 3.81. The number of hydrogen-bond acceptors (Lipinski definition) is 7. The SMILES string of the molecule is CCC1C(=O)N(C)c2cnc(N/N=C/c3cccc(OC)c3)nc2N1C1CCCC1. The Hall–Kier alpha value is -3.16. The second-order valence-corrected chi connectivity index (χ2v) is 7.72. The molecule has 1 aliphatic heterocycles. The Bertz CT molecular complexity index is 941. The Morgan fingerprint density at radius 3 is 2.87 bits per heavy atom. The van der Waals surface area contributed by atoms with E-state index in [1.807, 2.05) is 24.3 Å². The highest BCUT2D eigenvalue weighted by Gasteiger charge is 2.41. The van der Waals surface area contributed by atoms with Crippen molar-refractivity contribution < 1.29 is 9.53 Å². The molecular weight excluding hydrogens is 380 g/mol. The molecule has 0 bridgehead atoms. The molecule has 158 valence electrons. The van der Waals surface area contributed by atoms with Gasteiger partial charge in [-0.15, -0.1) is 0 Å². The molecule has 1 N–H and O–H groups in total. The van der Waals surface area contributed by atoms with E-state index < -0.39 is 0 Å². The number of fused-ring (bicyclic) bond motifs is 1. The summed E-state index contributed by atoms with van der Waals surface area (Å²) in [5, 5.41) is 4.28. The molecule has 2 aliphatic rings. The molecule has 2 aromatic rings. The fourth-order valence-electron chi connectivity index (χ4n) is 4.32. The highest BCUT2D eigenvalue weighted by Crippen LogP contribution is 2.39. The molecule has 1 aromatic carbocycles. The fraction of sp³-hybridized carbons (Fsp3) is 0.455. The summed E-state index contributed by atoms with van der Waals surface area (Å²) in [7, 11) is 3.43. The van der Waals surface area contributed by atoms with Crippen molar-refractivity contribution in [3.05, 3.63) is 36.0 Å². The third-order valence-corrected chi connectivity index (χ3v) is 5.88. The standard InChI is InChI=1S/C22H28N6O2/c1-4-18-21(29)27(2)19-14-23-22(25-20(19)28(18)16-9-5-6-10-16)26-24-13-15-8-7-11-17(12-15)30-3/h7-8,11-14,16,18H,4-6,9-10H2,1-3H3,(H,23,25,26)/b24-13+. The molecule has 8 heteroatoms. The highest BCUT2D eigenvalue weighted by molar-refractivity contribution is 6.04. The Morgan fingerprint density at radius 2 is 2.13 bits per heavy atom. The fourth-order valence-corrected chi connectivity index (χ4v) is 4.32. The topological polar surface area (TPSA) is 83.0 Å². The maximum Gasteiger partial charge on any atom is 0.249 e. The van der Waals surface area contributed by atoms with Gasteiger partial charge in [-0.3, -0.25) is 4.79 Å². The Labute approximate surface area is 177 Å². The van der Waals surface area contributed by atoms with Gasteiger partial charge in [-0.25, -0.2) is 10.4 Å². The number of nitrogens with one attached hydrogen (secondary N) is 1. The smallest absolute Gasteiger partial charge is 0.249 e. The van der Waals surface area contributed by atoms with Gasteiger partial charge in [0.2, 0.25) is 11.9 Å². The molecular formula is C22H28N6O2. The van der Waals surface area contributed by atoms with E-state index in [0.29, 0.717) is 12.0 Å². The van der Waals surface area contributed by atoms with Crippen LogP contribution in [0.4, 0.5) is 17.5 Å². The van der Waals surface area contributed by atoms with Crippen molar-refractivity contribution in [2.24, 2.45) is 5.10 Å². The maximum absolute atomic E-state index is 12.9. The number of benzene rings is 1. The molecule has 1 atom stereocenters. The first-order valence-electron chi connectivity index (χ1n) is 10.5. The number of rotatable bonds is 6. The van der Waals surface area contributed by atoms with Gasteiger partial charge in [0.1, 0.15) is 17.5 Å². The number of likely N-dealkylation sites (N-methyl/N-ethyl adjacent to an activating group) is 1. The zero-order valence-corrected chi connectivity index (χ0v) is 17.7. The number of ether oxygens (including phenoxy) is 1. The van der Waals surface area contributed by atoms with Gasteiger partial charge >= 0.3 is 0 Å². The van der Waals surface area contributed by atoms with Crippen LogP contribution in [-0.2, 0) is 4.79 Å². The van der Waals surface area contributed by atoms with Crippen molar-refractivity contribution in [3.8, 4) is 5.75 Å². The summed E-state index contributed by atoms with van der Waals surface area (Å²) < 4.78 is 5.24. The van der Waals surface area contributed by atoms with Crippen molar-refractivity contribution in [2.45, 2.75) is 51.1 Å². The molecule has 30 heavy (non-hydrogen) atoms. The van der Waals surface area contributed by atoms with Crippen LogP contribution in [0.2, 0.25) is 0 Å². The average molecular weight is 409 g/mol. The molecule has 8 nitrogen and oxygen atoms in total. The molecule has 0 spiro atoms. The lowest BCUT2D eigenvalue weighted by atomic mass is 10.0. The molecule has 0 saturated heterocycles. The third-order valence-electron chi connectivity index (χ3n) is 5.88. The maximum atomic E-state index is 12.9. The van der Waals surface area contributed by atoms with Crippen molar-refractivity contribution >= 4 is 29.6 Å². The lowest BCUT2D eigenvalue weighted by Crippen LogP contribution is -2.55. The van der Waals surface area contributed by atoms with E-state index >= 15 is 0 Å². The van der Waals surface area contributed by atoms with Crippen LogP contribution in [0.1, 0.15) is 44.6 Å². The molecule has 0 radical (unpaired) electrons. The predicted octanol–water partition coefficient (Wildman–Crippen LogP) is 3.44. The number of hydrogen-bond donors (Lipinski definition) is 1. The Kier molecular flexibility index (Phi) is 5.83. The van der Waals surface area contributed by atoms with Crippen LogP contribution in [0.3, 0.4) is 0 Å². The second-order valence-electron chi connectivity index (χ2n) is 7.72. The van der Waals surface area contributed by atoms with Crippen molar-refractivity contribution in [2.75, 3.05) is 29.4 Å². The molecule has 1 fully saturated rings. The van der Waals surface area contributed by atoms with Crippen LogP contribution in [0, 0.1) is 0 Å². The number of methoxy groups -OCH3 is 1. The minimum atomic E-state index is -0.186. The number of hydrazone groups is 1. The molecule has 1 aliphatic carbocycles. The quantitative estimate of drug-likeness (QED) is 0.582. The Morgan fingerprint density at radius 1 is 1.33 bits per heavy atom. The minimum Gasteiger partial charge on any atom is -0.497 e.